The average Bonchev–Trinajstić information content (AvgIpc) is 1.86. The molecule has 0 radical (unpaired) electrons. The molecule has 4 heteroatoms. The minimum absolute atomic E-state index is 0. The van der Waals surface area contributed by atoms with Crippen LogP contribution in [0, 0.1) is 5.92 Å². The molecular weight excluding hydrogens is 278 g/mol. The van der Waals surface area contributed by atoms with Crippen LogP contribution in [-0.4, -0.2) is 15.5 Å². The van der Waals surface area contributed by atoms with Gasteiger partial charge in [0, 0.05) is 10.8 Å². The van der Waals surface area contributed by atoms with Gasteiger partial charge < -0.3 is 5.11 Å². The van der Waals surface area contributed by atoms with Crippen molar-refractivity contribution in [3.05, 3.63) is 12.7 Å². The fourth-order valence-electron chi connectivity index (χ4n) is 0.684. The average molecular weight is 291 g/mol. The van der Waals surface area contributed by atoms with E-state index in [9.17, 15) is 4.79 Å². The van der Waals surface area contributed by atoms with E-state index in [0.29, 0.717) is 0 Å². The molecule has 1 N–H and O–H groups in total. The lowest BCUT2D eigenvalue weighted by Crippen LogP contribution is -2.07. The normalized spacial score (nSPS) is 11.4. The summed E-state index contributed by atoms with van der Waals surface area (Å²) >= 11 is 2.20. The van der Waals surface area contributed by atoms with Crippen molar-refractivity contribution >= 4 is 41.0 Å². The summed E-state index contributed by atoms with van der Waals surface area (Å²) in [7, 11) is 0. The summed E-state index contributed by atoms with van der Waals surface area (Å²) in [6.45, 7) is 3.56. The monoisotopic (exact) mass is 290 g/mol. The molecule has 0 aliphatic heterocycles. The van der Waals surface area contributed by atoms with Crippen LogP contribution in [-0.2, 0) is 4.79 Å². The fraction of sp³-hybridized carbons (Fsp3) is 0.571. The van der Waals surface area contributed by atoms with Crippen molar-refractivity contribution < 1.29 is 9.90 Å². The van der Waals surface area contributed by atoms with Gasteiger partial charge in [0.1, 0.15) is 0 Å². The first-order valence-corrected chi connectivity index (χ1v) is 4.62. The van der Waals surface area contributed by atoms with Gasteiger partial charge in [-0.25, -0.2) is 0 Å². The molecule has 0 aliphatic carbocycles. The van der Waals surface area contributed by atoms with Crippen molar-refractivity contribution in [1.82, 2.24) is 0 Å². The number of aliphatic carboxylic acids is 1. The number of carbonyl (C=O) groups is 1. The van der Waals surface area contributed by atoms with Gasteiger partial charge in [-0.1, -0.05) is 28.7 Å². The van der Waals surface area contributed by atoms with E-state index in [0.717, 1.165) is 10.8 Å². The van der Waals surface area contributed by atoms with Crippen LogP contribution in [0.2, 0.25) is 0 Å². The number of allylic oxidation sites excluding steroid dienone is 1. The topological polar surface area (TPSA) is 37.3 Å². The lowest BCUT2D eigenvalue weighted by molar-refractivity contribution is -0.137. The molecule has 0 aliphatic rings. The van der Waals surface area contributed by atoms with Gasteiger partial charge in [0.15, 0.2) is 0 Å². The maximum absolute atomic E-state index is 10.2. The van der Waals surface area contributed by atoms with Gasteiger partial charge >= 0.3 is 5.97 Å². The molecule has 66 valence electrons. The molecule has 0 heterocycles. The summed E-state index contributed by atoms with van der Waals surface area (Å²) in [4.78, 5) is 10.2. The number of halogens is 2. The molecule has 0 spiro atoms. The Morgan fingerprint density at radius 3 is 2.55 bits per heavy atom. The molecule has 1 atom stereocenters. The molecule has 0 aromatic heterocycles. The Labute approximate surface area is 86.6 Å². The Morgan fingerprint density at radius 1 is 1.73 bits per heavy atom. The zero-order chi connectivity index (χ0) is 7.98. The van der Waals surface area contributed by atoms with Crippen molar-refractivity contribution in [2.75, 3.05) is 4.43 Å². The van der Waals surface area contributed by atoms with Gasteiger partial charge in [-0.15, -0.1) is 19.0 Å². The van der Waals surface area contributed by atoms with E-state index >= 15 is 0 Å². The van der Waals surface area contributed by atoms with E-state index in [1.807, 2.05) is 0 Å². The zero-order valence-electron chi connectivity index (χ0n) is 6.12. The molecule has 0 aromatic carbocycles. The van der Waals surface area contributed by atoms with Crippen LogP contribution >= 0.6 is 35.0 Å². The van der Waals surface area contributed by atoms with E-state index in [2.05, 4.69) is 29.2 Å². The maximum Gasteiger partial charge on any atom is 0.303 e. The predicted molar refractivity (Wildman–Crippen MR) is 56.7 cm³/mol. The Bertz CT molecular complexity index is 128. The van der Waals surface area contributed by atoms with Gasteiger partial charge in [-0.3, -0.25) is 4.79 Å². The third-order valence-corrected chi connectivity index (χ3v) is 2.43. The van der Waals surface area contributed by atoms with Crippen LogP contribution in [0.25, 0.3) is 0 Å². The molecule has 11 heavy (non-hydrogen) atoms. The van der Waals surface area contributed by atoms with Crippen LogP contribution < -0.4 is 0 Å². The van der Waals surface area contributed by atoms with Crippen molar-refractivity contribution in [3.63, 3.8) is 0 Å². The summed E-state index contributed by atoms with van der Waals surface area (Å²) in [6, 6.07) is 0. The first-order chi connectivity index (χ1) is 4.70. The predicted octanol–water partition coefficient (Wildman–Crippen LogP) is 2.51. The van der Waals surface area contributed by atoms with Gasteiger partial charge in [-0.05, 0) is 12.3 Å². The summed E-state index contributed by atoms with van der Waals surface area (Å²) in [5.74, 6) is -0.459. The van der Waals surface area contributed by atoms with Crippen LogP contribution in [0.3, 0.4) is 0 Å². The molecular formula is C7H12ClIO2. The van der Waals surface area contributed by atoms with E-state index in [1.165, 1.54) is 0 Å². The van der Waals surface area contributed by atoms with Crippen molar-refractivity contribution in [2.24, 2.45) is 5.92 Å². The molecule has 0 aromatic rings. The van der Waals surface area contributed by atoms with Gasteiger partial charge in [0.2, 0.25) is 0 Å². The third kappa shape index (κ3) is 8.13. The lowest BCUT2D eigenvalue weighted by atomic mass is 10.0. The molecule has 1 unspecified atom stereocenters. The van der Waals surface area contributed by atoms with Crippen LogP contribution in [0.4, 0.5) is 0 Å². The molecule has 0 saturated heterocycles. The quantitative estimate of drug-likeness (QED) is 0.480. The number of hydrogen-bond donors (Lipinski definition) is 1. The summed E-state index contributed by atoms with van der Waals surface area (Å²) < 4.78 is 0.885. The van der Waals surface area contributed by atoms with Crippen LogP contribution in [0.15, 0.2) is 12.7 Å². The number of carboxylic acid groups (broad SMARTS) is 1. The smallest absolute Gasteiger partial charge is 0.303 e. The Morgan fingerprint density at radius 2 is 2.27 bits per heavy atom. The minimum atomic E-state index is -0.719. The van der Waals surface area contributed by atoms with E-state index in [-0.39, 0.29) is 24.7 Å². The lowest BCUT2D eigenvalue weighted by Gasteiger charge is -2.06. The highest BCUT2D eigenvalue weighted by molar-refractivity contribution is 14.1. The number of hydrogen-bond acceptors (Lipinski definition) is 1. The summed E-state index contributed by atoms with van der Waals surface area (Å²) in [5, 5.41) is 8.40. The molecule has 0 amide bonds. The van der Waals surface area contributed by atoms with E-state index in [4.69, 9.17) is 5.11 Å². The number of alkyl halides is 1. The first kappa shape index (κ1) is 13.8. The number of rotatable bonds is 5. The molecule has 0 saturated carbocycles. The van der Waals surface area contributed by atoms with Gasteiger partial charge in [0.25, 0.3) is 0 Å². The van der Waals surface area contributed by atoms with E-state index in [1.54, 1.807) is 6.08 Å². The van der Waals surface area contributed by atoms with Gasteiger partial charge in [0.05, 0.1) is 0 Å². The van der Waals surface area contributed by atoms with E-state index < -0.39 is 5.97 Å². The molecule has 0 bridgehead atoms. The van der Waals surface area contributed by atoms with Crippen LogP contribution in [0.1, 0.15) is 12.8 Å². The summed E-state index contributed by atoms with van der Waals surface area (Å²) in [5.41, 5.74) is 0. The zero-order valence-corrected chi connectivity index (χ0v) is 9.10. The highest BCUT2D eigenvalue weighted by Crippen LogP contribution is 2.11. The second-order valence-electron chi connectivity index (χ2n) is 2.14. The highest BCUT2D eigenvalue weighted by atomic mass is 127. The molecule has 0 fully saturated rings. The fourth-order valence-corrected chi connectivity index (χ4v) is 1.35. The summed E-state index contributed by atoms with van der Waals surface area (Å²) in [6.07, 6.45) is 2.83. The minimum Gasteiger partial charge on any atom is -0.481 e. The second kappa shape index (κ2) is 8.33. The Kier molecular flexibility index (Phi) is 10.4. The first-order valence-electron chi connectivity index (χ1n) is 3.09. The van der Waals surface area contributed by atoms with Crippen LogP contribution in [0.5, 0.6) is 0 Å². The molecule has 0 rings (SSSR count). The van der Waals surface area contributed by atoms with Crippen molar-refractivity contribution in [1.29, 1.82) is 0 Å². The number of carboxylic acids is 1. The largest absolute Gasteiger partial charge is 0.481 e. The van der Waals surface area contributed by atoms with Crippen molar-refractivity contribution in [2.45, 2.75) is 12.8 Å². The Balaban J connectivity index is 0. The van der Waals surface area contributed by atoms with Crippen molar-refractivity contribution in [3.8, 4) is 0 Å². The SMILES string of the molecule is C=CCC(CI)CC(=O)O.Cl. The molecule has 2 nitrogen and oxygen atoms in total. The maximum atomic E-state index is 10.2. The standard InChI is InChI=1S/C7H11IO2.ClH/c1-2-3-6(5-8)4-7(9)10;/h2,6H,1,3-5H2,(H,9,10);1H. The highest BCUT2D eigenvalue weighted by Gasteiger charge is 2.08. The second-order valence-corrected chi connectivity index (χ2v) is 3.02. The third-order valence-electron chi connectivity index (χ3n) is 1.18. The Hall–Kier alpha value is 0.230. The van der Waals surface area contributed by atoms with Gasteiger partial charge in [-0.2, -0.15) is 0 Å².